The summed E-state index contributed by atoms with van der Waals surface area (Å²) in [7, 11) is 0. The van der Waals surface area contributed by atoms with Gasteiger partial charge in [0.25, 0.3) is 0 Å². The van der Waals surface area contributed by atoms with Gasteiger partial charge in [-0.25, -0.2) is 4.79 Å². The van der Waals surface area contributed by atoms with E-state index in [9.17, 15) is 9.59 Å². The second kappa shape index (κ2) is 10.2. The lowest BCUT2D eigenvalue weighted by molar-refractivity contribution is -0.116. The highest BCUT2D eigenvalue weighted by Gasteiger charge is 2.15. The van der Waals surface area contributed by atoms with Crippen LogP contribution in [0, 0.1) is 0 Å². The standard InChI is InChI=1S/C18H27ClN2O3/c1-18(2,3)24-17(23)20-13-7-5-4-6-8-16(22)21-15-11-9-14(19)10-12-15/h9-12H,4-8,13H2,1-3H3,(H,20,23)(H,21,22). The first-order valence-electron chi connectivity index (χ1n) is 8.28. The molecule has 0 aromatic heterocycles. The van der Waals surface area contributed by atoms with E-state index >= 15 is 0 Å². The first kappa shape index (κ1) is 20.3. The average molecular weight is 355 g/mol. The summed E-state index contributed by atoms with van der Waals surface area (Å²) in [5.74, 6) is 0.00389. The van der Waals surface area contributed by atoms with Crippen LogP contribution in [0.25, 0.3) is 0 Å². The molecule has 1 aromatic carbocycles. The van der Waals surface area contributed by atoms with Gasteiger partial charge in [0.15, 0.2) is 0 Å². The Hall–Kier alpha value is -1.75. The Morgan fingerprint density at radius 2 is 1.67 bits per heavy atom. The van der Waals surface area contributed by atoms with Crippen LogP contribution in [0.4, 0.5) is 10.5 Å². The number of rotatable bonds is 8. The summed E-state index contributed by atoms with van der Waals surface area (Å²) in [6.45, 7) is 6.09. The van der Waals surface area contributed by atoms with Gasteiger partial charge in [0.2, 0.25) is 5.91 Å². The first-order chi connectivity index (χ1) is 11.3. The molecule has 0 atom stereocenters. The minimum atomic E-state index is -0.471. The summed E-state index contributed by atoms with van der Waals surface area (Å²) >= 11 is 5.80. The molecule has 6 heteroatoms. The molecule has 5 nitrogen and oxygen atoms in total. The molecule has 0 saturated heterocycles. The number of amides is 2. The molecule has 0 saturated carbocycles. The SMILES string of the molecule is CC(C)(C)OC(=O)NCCCCCCC(=O)Nc1ccc(Cl)cc1. The minimum absolute atomic E-state index is 0.00389. The summed E-state index contributed by atoms with van der Waals surface area (Å²) < 4.78 is 5.15. The number of unbranched alkanes of at least 4 members (excludes halogenated alkanes) is 3. The van der Waals surface area contributed by atoms with Crippen molar-refractivity contribution in [3.63, 3.8) is 0 Å². The largest absolute Gasteiger partial charge is 0.444 e. The van der Waals surface area contributed by atoms with E-state index in [-0.39, 0.29) is 12.0 Å². The van der Waals surface area contributed by atoms with E-state index in [2.05, 4.69) is 10.6 Å². The van der Waals surface area contributed by atoms with Crippen LogP contribution in [0.5, 0.6) is 0 Å². The maximum absolute atomic E-state index is 11.8. The summed E-state index contributed by atoms with van der Waals surface area (Å²) in [5.41, 5.74) is 0.285. The average Bonchev–Trinajstić information content (AvgIpc) is 2.47. The Morgan fingerprint density at radius 3 is 2.29 bits per heavy atom. The Morgan fingerprint density at radius 1 is 1.04 bits per heavy atom. The zero-order valence-electron chi connectivity index (χ0n) is 14.7. The van der Waals surface area contributed by atoms with Crippen molar-refractivity contribution in [3.05, 3.63) is 29.3 Å². The number of hydrogen-bond donors (Lipinski definition) is 2. The van der Waals surface area contributed by atoms with E-state index < -0.39 is 5.60 Å². The lowest BCUT2D eigenvalue weighted by Crippen LogP contribution is -2.32. The molecule has 1 aromatic rings. The zero-order valence-corrected chi connectivity index (χ0v) is 15.4. The molecule has 2 amide bonds. The van der Waals surface area contributed by atoms with Gasteiger partial charge in [0.1, 0.15) is 5.60 Å². The predicted octanol–water partition coefficient (Wildman–Crippen LogP) is 4.75. The highest BCUT2D eigenvalue weighted by atomic mass is 35.5. The van der Waals surface area contributed by atoms with Crippen molar-refractivity contribution in [2.24, 2.45) is 0 Å². The number of alkyl carbamates (subject to hydrolysis) is 1. The van der Waals surface area contributed by atoms with Gasteiger partial charge >= 0.3 is 6.09 Å². The maximum atomic E-state index is 11.8. The number of ether oxygens (including phenoxy) is 1. The molecule has 0 aliphatic heterocycles. The minimum Gasteiger partial charge on any atom is -0.444 e. The van der Waals surface area contributed by atoms with Crippen LogP contribution in [0.15, 0.2) is 24.3 Å². The lowest BCUT2D eigenvalue weighted by atomic mass is 10.1. The molecule has 0 unspecified atom stereocenters. The molecule has 24 heavy (non-hydrogen) atoms. The number of nitrogens with one attached hydrogen (secondary N) is 2. The second-order valence-electron chi connectivity index (χ2n) is 6.65. The van der Waals surface area contributed by atoms with Crippen molar-refractivity contribution in [2.45, 2.75) is 58.5 Å². The molecule has 134 valence electrons. The highest BCUT2D eigenvalue weighted by molar-refractivity contribution is 6.30. The molecule has 2 N–H and O–H groups in total. The van der Waals surface area contributed by atoms with Gasteiger partial charge in [-0.05, 0) is 57.9 Å². The van der Waals surface area contributed by atoms with E-state index in [1.165, 1.54) is 0 Å². The van der Waals surface area contributed by atoms with E-state index in [1.807, 2.05) is 20.8 Å². The van der Waals surface area contributed by atoms with Crippen LogP contribution in [-0.2, 0) is 9.53 Å². The van der Waals surface area contributed by atoms with Crippen molar-refractivity contribution < 1.29 is 14.3 Å². The Bertz CT molecular complexity index is 524. The fourth-order valence-electron chi connectivity index (χ4n) is 2.03. The summed E-state index contributed by atoms with van der Waals surface area (Å²) in [6, 6.07) is 7.05. The Balaban J connectivity index is 2.02. The van der Waals surface area contributed by atoms with E-state index in [0.29, 0.717) is 18.0 Å². The van der Waals surface area contributed by atoms with Crippen LogP contribution >= 0.6 is 11.6 Å². The van der Waals surface area contributed by atoms with Gasteiger partial charge in [-0.1, -0.05) is 24.4 Å². The number of benzene rings is 1. The quantitative estimate of drug-likeness (QED) is 0.662. The number of halogens is 1. The van der Waals surface area contributed by atoms with E-state index in [4.69, 9.17) is 16.3 Å². The van der Waals surface area contributed by atoms with Gasteiger partial charge in [-0.15, -0.1) is 0 Å². The van der Waals surface area contributed by atoms with Crippen molar-refractivity contribution in [3.8, 4) is 0 Å². The highest BCUT2D eigenvalue weighted by Crippen LogP contribution is 2.14. The molecule has 0 radical (unpaired) electrons. The molecule has 0 spiro atoms. The molecule has 0 bridgehead atoms. The van der Waals surface area contributed by atoms with Crippen LogP contribution in [0.3, 0.4) is 0 Å². The van der Waals surface area contributed by atoms with E-state index in [0.717, 1.165) is 31.4 Å². The second-order valence-corrected chi connectivity index (χ2v) is 7.08. The van der Waals surface area contributed by atoms with Crippen molar-refractivity contribution in [2.75, 3.05) is 11.9 Å². The summed E-state index contributed by atoms with van der Waals surface area (Å²) in [6.07, 6.45) is 3.71. The fourth-order valence-corrected chi connectivity index (χ4v) is 2.15. The lowest BCUT2D eigenvalue weighted by Gasteiger charge is -2.19. The zero-order chi connectivity index (χ0) is 18.0. The Kier molecular flexibility index (Phi) is 8.61. The number of carbonyl (C=O) groups excluding carboxylic acids is 2. The van der Waals surface area contributed by atoms with Gasteiger partial charge in [-0.2, -0.15) is 0 Å². The third-order valence-electron chi connectivity index (χ3n) is 3.13. The number of carbonyl (C=O) groups is 2. The van der Waals surface area contributed by atoms with Gasteiger partial charge < -0.3 is 15.4 Å². The van der Waals surface area contributed by atoms with Crippen LogP contribution in [-0.4, -0.2) is 24.1 Å². The monoisotopic (exact) mass is 354 g/mol. The van der Waals surface area contributed by atoms with Crippen LogP contribution in [0.1, 0.15) is 52.9 Å². The van der Waals surface area contributed by atoms with Crippen LogP contribution in [0.2, 0.25) is 5.02 Å². The number of hydrogen-bond acceptors (Lipinski definition) is 3. The van der Waals surface area contributed by atoms with Gasteiger partial charge in [0, 0.05) is 23.7 Å². The summed E-state index contributed by atoms with van der Waals surface area (Å²) in [4.78, 5) is 23.2. The van der Waals surface area contributed by atoms with E-state index in [1.54, 1.807) is 24.3 Å². The molecule has 0 aliphatic carbocycles. The molecular weight excluding hydrogens is 328 g/mol. The topological polar surface area (TPSA) is 67.4 Å². The van der Waals surface area contributed by atoms with Crippen molar-refractivity contribution in [1.82, 2.24) is 5.32 Å². The molecule has 0 heterocycles. The maximum Gasteiger partial charge on any atom is 0.407 e. The van der Waals surface area contributed by atoms with Crippen LogP contribution < -0.4 is 10.6 Å². The summed E-state index contributed by atoms with van der Waals surface area (Å²) in [5, 5.41) is 6.21. The van der Waals surface area contributed by atoms with Crippen molar-refractivity contribution in [1.29, 1.82) is 0 Å². The molecular formula is C18H27ClN2O3. The first-order valence-corrected chi connectivity index (χ1v) is 8.66. The number of anilines is 1. The fraction of sp³-hybridized carbons (Fsp3) is 0.556. The van der Waals surface area contributed by atoms with Gasteiger partial charge in [-0.3, -0.25) is 4.79 Å². The molecule has 1 rings (SSSR count). The molecule has 0 aliphatic rings. The van der Waals surface area contributed by atoms with Gasteiger partial charge in [0.05, 0.1) is 0 Å². The third-order valence-corrected chi connectivity index (χ3v) is 3.38. The third kappa shape index (κ3) is 10.1. The molecule has 0 fully saturated rings. The Labute approximate surface area is 149 Å². The predicted molar refractivity (Wildman–Crippen MR) is 97.4 cm³/mol. The van der Waals surface area contributed by atoms with Crippen molar-refractivity contribution >= 4 is 29.3 Å². The smallest absolute Gasteiger partial charge is 0.407 e. The normalized spacial score (nSPS) is 11.0.